The van der Waals surface area contributed by atoms with Crippen LogP contribution in [0, 0.1) is 0 Å². The van der Waals surface area contributed by atoms with Crippen molar-refractivity contribution >= 4 is 21.6 Å². The Morgan fingerprint density at radius 2 is 1.89 bits per heavy atom. The van der Waals surface area contributed by atoms with Crippen molar-refractivity contribution in [3.05, 3.63) is 64.7 Å². The van der Waals surface area contributed by atoms with Gasteiger partial charge >= 0.3 is 0 Å². The molecule has 0 fully saturated rings. The maximum absolute atomic E-state index is 4.69. The summed E-state index contributed by atoms with van der Waals surface area (Å²) in [4.78, 5) is 4.69. The minimum atomic E-state index is 0.910. The predicted molar refractivity (Wildman–Crippen MR) is 81.6 cm³/mol. The summed E-state index contributed by atoms with van der Waals surface area (Å²) in [6, 6.07) is 17.0. The number of para-hydroxylation sites is 1. The first-order valence-corrected chi connectivity index (χ1v) is 7.23. The van der Waals surface area contributed by atoms with E-state index in [0.29, 0.717) is 0 Å². The fourth-order valence-corrected chi connectivity index (χ4v) is 3.23. The highest BCUT2D eigenvalue weighted by Gasteiger charge is 2.04. The molecule has 96 valence electrons. The number of rotatable bonds is 4. The second-order valence-electron chi connectivity index (χ2n) is 4.60. The molecule has 0 amide bonds. The summed E-state index contributed by atoms with van der Waals surface area (Å²) in [6.07, 6.45) is 0.914. The third-order valence-corrected chi connectivity index (χ3v) is 4.10. The van der Waals surface area contributed by atoms with Crippen LogP contribution in [0.15, 0.2) is 48.5 Å². The first-order chi connectivity index (χ1) is 9.35. The lowest BCUT2D eigenvalue weighted by molar-refractivity contribution is 0.816. The van der Waals surface area contributed by atoms with Crippen LogP contribution >= 0.6 is 11.3 Å². The Hall–Kier alpha value is -1.71. The molecule has 0 atom stereocenters. The first kappa shape index (κ1) is 12.3. The summed E-state index contributed by atoms with van der Waals surface area (Å²) >= 11 is 1.78. The SMILES string of the molecule is CNCc1cccc(Cc2nc3ccccc3s2)c1. The number of thiazole rings is 1. The Morgan fingerprint density at radius 3 is 2.74 bits per heavy atom. The highest BCUT2D eigenvalue weighted by molar-refractivity contribution is 7.18. The lowest BCUT2D eigenvalue weighted by Crippen LogP contribution is -2.05. The van der Waals surface area contributed by atoms with Crippen molar-refractivity contribution in [3.63, 3.8) is 0 Å². The number of aromatic nitrogens is 1. The number of fused-ring (bicyclic) bond motifs is 1. The van der Waals surface area contributed by atoms with Gasteiger partial charge in [-0.2, -0.15) is 0 Å². The van der Waals surface area contributed by atoms with E-state index in [4.69, 9.17) is 0 Å². The van der Waals surface area contributed by atoms with Crippen LogP contribution < -0.4 is 5.32 Å². The van der Waals surface area contributed by atoms with E-state index in [9.17, 15) is 0 Å². The van der Waals surface area contributed by atoms with Crippen molar-refractivity contribution in [1.29, 1.82) is 0 Å². The fraction of sp³-hybridized carbons (Fsp3) is 0.188. The van der Waals surface area contributed by atoms with Crippen LogP contribution in [0.4, 0.5) is 0 Å². The third kappa shape index (κ3) is 2.83. The summed E-state index contributed by atoms with van der Waals surface area (Å²) in [5.41, 5.74) is 3.75. The van der Waals surface area contributed by atoms with Crippen LogP contribution in [0.5, 0.6) is 0 Å². The van der Waals surface area contributed by atoms with Crippen molar-refractivity contribution < 1.29 is 0 Å². The zero-order chi connectivity index (χ0) is 13.1. The van der Waals surface area contributed by atoms with Gasteiger partial charge in [0.25, 0.3) is 0 Å². The van der Waals surface area contributed by atoms with Gasteiger partial charge in [-0.1, -0.05) is 36.4 Å². The van der Waals surface area contributed by atoms with Crippen LogP contribution in [0.1, 0.15) is 16.1 Å². The Bertz CT molecular complexity index is 655. The maximum atomic E-state index is 4.69. The van der Waals surface area contributed by atoms with Crippen molar-refractivity contribution in [1.82, 2.24) is 10.3 Å². The van der Waals surface area contributed by atoms with Gasteiger partial charge in [-0.3, -0.25) is 0 Å². The van der Waals surface area contributed by atoms with Gasteiger partial charge in [0.1, 0.15) is 0 Å². The van der Waals surface area contributed by atoms with Crippen LogP contribution in [-0.4, -0.2) is 12.0 Å². The van der Waals surface area contributed by atoms with E-state index in [1.54, 1.807) is 11.3 Å². The van der Waals surface area contributed by atoms with E-state index in [1.807, 2.05) is 13.1 Å². The molecule has 2 aromatic carbocycles. The predicted octanol–water partition coefficient (Wildman–Crippen LogP) is 3.61. The van der Waals surface area contributed by atoms with E-state index in [1.165, 1.54) is 20.8 Å². The molecule has 0 spiro atoms. The molecule has 1 aromatic heterocycles. The fourth-order valence-electron chi connectivity index (χ4n) is 2.22. The molecular weight excluding hydrogens is 252 g/mol. The molecule has 0 radical (unpaired) electrons. The molecule has 3 aromatic rings. The average Bonchev–Trinajstić information content (AvgIpc) is 2.81. The Morgan fingerprint density at radius 1 is 1.05 bits per heavy atom. The topological polar surface area (TPSA) is 24.9 Å². The van der Waals surface area contributed by atoms with Gasteiger partial charge in [-0.25, -0.2) is 4.98 Å². The van der Waals surface area contributed by atoms with Crippen molar-refractivity contribution in [2.45, 2.75) is 13.0 Å². The normalized spacial score (nSPS) is 11.0. The summed E-state index contributed by atoms with van der Waals surface area (Å²) in [5.74, 6) is 0. The summed E-state index contributed by atoms with van der Waals surface area (Å²) in [5, 5.41) is 4.37. The number of hydrogen-bond donors (Lipinski definition) is 1. The summed E-state index contributed by atoms with van der Waals surface area (Å²) < 4.78 is 1.27. The van der Waals surface area contributed by atoms with E-state index in [0.717, 1.165) is 18.5 Å². The molecule has 1 N–H and O–H groups in total. The van der Waals surface area contributed by atoms with Crippen molar-refractivity contribution in [3.8, 4) is 0 Å². The zero-order valence-corrected chi connectivity index (χ0v) is 11.7. The number of nitrogens with one attached hydrogen (secondary N) is 1. The van der Waals surface area contributed by atoms with Gasteiger partial charge in [-0.05, 0) is 30.3 Å². The van der Waals surface area contributed by atoms with Crippen molar-refractivity contribution in [2.24, 2.45) is 0 Å². The highest BCUT2D eigenvalue weighted by Crippen LogP contribution is 2.23. The van der Waals surface area contributed by atoms with Crippen LogP contribution in [0.25, 0.3) is 10.2 Å². The molecule has 0 aliphatic heterocycles. The molecule has 0 aliphatic rings. The smallest absolute Gasteiger partial charge is 0.0982 e. The third-order valence-electron chi connectivity index (χ3n) is 3.07. The standard InChI is InChI=1S/C16H16N2S/c1-17-11-13-6-4-5-12(9-13)10-16-18-14-7-2-3-8-15(14)19-16/h2-9,17H,10-11H2,1H3. The second kappa shape index (κ2) is 5.51. The van der Waals surface area contributed by atoms with Crippen LogP contribution in [-0.2, 0) is 13.0 Å². The van der Waals surface area contributed by atoms with Crippen molar-refractivity contribution in [2.75, 3.05) is 7.05 Å². The molecular formula is C16H16N2S. The minimum Gasteiger partial charge on any atom is -0.316 e. The largest absolute Gasteiger partial charge is 0.316 e. The first-order valence-electron chi connectivity index (χ1n) is 6.42. The number of hydrogen-bond acceptors (Lipinski definition) is 3. The van der Waals surface area contributed by atoms with E-state index in [2.05, 4.69) is 52.8 Å². The molecule has 0 aliphatic carbocycles. The number of nitrogens with zero attached hydrogens (tertiary/aromatic N) is 1. The van der Waals surface area contributed by atoms with E-state index >= 15 is 0 Å². The monoisotopic (exact) mass is 268 g/mol. The highest BCUT2D eigenvalue weighted by atomic mass is 32.1. The van der Waals surface area contributed by atoms with E-state index in [-0.39, 0.29) is 0 Å². The second-order valence-corrected chi connectivity index (χ2v) is 5.72. The minimum absolute atomic E-state index is 0.910. The quantitative estimate of drug-likeness (QED) is 0.782. The van der Waals surface area contributed by atoms with Crippen LogP contribution in [0.2, 0.25) is 0 Å². The van der Waals surface area contributed by atoms with Gasteiger partial charge in [0.2, 0.25) is 0 Å². The lowest BCUT2D eigenvalue weighted by Gasteiger charge is -2.03. The molecule has 2 nitrogen and oxygen atoms in total. The molecule has 0 saturated carbocycles. The lowest BCUT2D eigenvalue weighted by atomic mass is 10.1. The van der Waals surface area contributed by atoms with E-state index < -0.39 is 0 Å². The van der Waals surface area contributed by atoms with Gasteiger partial charge in [-0.15, -0.1) is 11.3 Å². The Labute approximate surface area is 117 Å². The molecule has 19 heavy (non-hydrogen) atoms. The Balaban J connectivity index is 1.85. The zero-order valence-electron chi connectivity index (χ0n) is 10.9. The Kier molecular flexibility index (Phi) is 3.58. The summed E-state index contributed by atoms with van der Waals surface area (Å²) in [6.45, 7) is 0.910. The number of benzene rings is 2. The molecule has 3 heteroatoms. The van der Waals surface area contributed by atoms with Gasteiger partial charge in [0.05, 0.1) is 15.2 Å². The van der Waals surface area contributed by atoms with Gasteiger partial charge in [0, 0.05) is 13.0 Å². The van der Waals surface area contributed by atoms with Gasteiger partial charge in [0.15, 0.2) is 0 Å². The molecule has 1 heterocycles. The molecule has 0 saturated heterocycles. The average molecular weight is 268 g/mol. The maximum Gasteiger partial charge on any atom is 0.0982 e. The summed E-state index contributed by atoms with van der Waals surface area (Å²) in [7, 11) is 1.97. The molecule has 0 bridgehead atoms. The molecule has 3 rings (SSSR count). The molecule has 0 unspecified atom stereocenters. The van der Waals surface area contributed by atoms with Crippen LogP contribution in [0.3, 0.4) is 0 Å². The van der Waals surface area contributed by atoms with Gasteiger partial charge < -0.3 is 5.32 Å².